The van der Waals surface area contributed by atoms with Crippen LogP contribution in [0.2, 0.25) is 0 Å². The van der Waals surface area contributed by atoms with Gasteiger partial charge in [0.1, 0.15) is 6.20 Å². The normalized spacial score (nSPS) is 11.2. The molecule has 0 unspecified atom stereocenters. The van der Waals surface area contributed by atoms with Gasteiger partial charge < -0.3 is 10.1 Å². The third-order valence-corrected chi connectivity index (χ3v) is 2.53. The van der Waals surface area contributed by atoms with Crippen molar-refractivity contribution in [1.82, 2.24) is 4.98 Å². The molecule has 0 N–H and O–H groups in total. The summed E-state index contributed by atoms with van der Waals surface area (Å²) in [4.78, 5) is 12.1. The molecule has 0 spiro atoms. The van der Waals surface area contributed by atoms with Crippen LogP contribution in [0.1, 0.15) is 0 Å². The molecule has 0 aliphatic rings. The largest absolute Gasteiger partial charge is 0.383 e. The molecule has 0 atom stereocenters. The molecule has 70 valence electrons. The lowest BCUT2D eigenvalue weighted by Gasteiger charge is -1.96. The van der Waals surface area contributed by atoms with Crippen molar-refractivity contribution >= 4 is 25.6 Å². The highest BCUT2D eigenvalue weighted by Crippen LogP contribution is 2.23. The van der Waals surface area contributed by atoms with Crippen LogP contribution < -0.4 is 0 Å². The molecule has 0 saturated heterocycles. The number of pyridine rings is 1. The van der Waals surface area contributed by atoms with Crippen LogP contribution >= 0.6 is 10.7 Å². The van der Waals surface area contributed by atoms with Crippen molar-refractivity contribution in [2.24, 2.45) is 0 Å². The third-order valence-electron chi connectivity index (χ3n) is 1.19. The molecular weight excluding hydrogens is 220 g/mol. The monoisotopic (exact) mass is 222 g/mol. The summed E-state index contributed by atoms with van der Waals surface area (Å²) in [6, 6.07) is 2.27. The number of hydrogen-bond acceptors (Lipinski definition) is 5. The predicted molar refractivity (Wildman–Crippen MR) is 43.9 cm³/mol. The minimum atomic E-state index is -4.11. The van der Waals surface area contributed by atoms with Gasteiger partial charge in [0.2, 0.25) is 0 Å². The number of hydrogen-bond donors (Lipinski definition) is 0. The lowest BCUT2D eigenvalue weighted by Crippen LogP contribution is -2.00. The SMILES string of the molecule is O=[N+]([O-])c1ncccc1S(=O)(=O)Cl. The van der Waals surface area contributed by atoms with E-state index in [9.17, 15) is 18.5 Å². The van der Waals surface area contributed by atoms with Gasteiger partial charge in [0.15, 0.2) is 4.90 Å². The van der Waals surface area contributed by atoms with Crippen molar-refractivity contribution in [2.45, 2.75) is 4.90 Å². The van der Waals surface area contributed by atoms with Crippen molar-refractivity contribution in [1.29, 1.82) is 0 Å². The minimum Gasteiger partial charge on any atom is -0.358 e. The zero-order valence-corrected chi connectivity index (χ0v) is 7.62. The van der Waals surface area contributed by atoms with E-state index in [2.05, 4.69) is 4.98 Å². The molecule has 1 aromatic rings. The molecule has 0 bridgehead atoms. The Morgan fingerprint density at radius 3 is 2.54 bits per heavy atom. The molecular formula is C5H3ClN2O4S. The van der Waals surface area contributed by atoms with Crippen LogP contribution in [0, 0.1) is 10.1 Å². The molecule has 0 aliphatic heterocycles. The van der Waals surface area contributed by atoms with Crippen LogP contribution in [0.3, 0.4) is 0 Å². The van der Waals surface area contributed by atoms with Crippen molar-refractivity contribution in [3.05, 3.63) is 28.4 Å². The maximum Gasteiger partial charge on any atom is 0.383 e. The maximum atomic E-state index is 10.8. The molecule has 8 heteroatoms. The summed E-state index contributed by atoms with van der Waals surface area (Å²) in [5, 5.41) is 10.3. The molecule has 1 aromatic heterocycles. The van der Waals surface area contributed by atoms with Gasteiger partial charge in [-0.25, -0.2) is 8.42 Å². The quantitative estimate of drug-likeness (QED) is 0.422. The van der Waals surface area contributed by atoms with Crippen molar-refractivity contribution < 1.29 is 13.3 Å². The number of nitrogens with zero attached hydrogens (tertiary/aromatic N) is 2. The molecule has 0 aromatic carbocycles. The number of nitro groups is 1. The van der Waals surface area contributed by atoms with E-state index in [0.29, 0.717) is 0 Å². The topological polar surface area (TPSA) is 90.2 Å². The zero-order valence-electron chi connectivity index (χ0n) is 6.05. The van der Waals surface area contributed by atoms with Gasteiger partial charge >= 0.3 is 5.82 Å². The van der Waals surface area contributed by atoms with Gasteiger partial charge in [0.05, 0.1) is 0 Å². The lowest BCUT2D eigenvalue weighted by atomic mass is 10.5. The Balaban J connectivity index is 3.46. The highest BCUT2D eigenvalue weighted by molar-refractivity contribution is 8.13. The van der Waals surface area contributed by atoms with E-state index in [4.69, 9.17) is 10.7 Å². The van der Waals surface area contributed by atoms with Gasteiger partial charge in [-0.15, -0.1) is 0 Å². The Morgan fingerprint density at radius 2 is 2.15 bits per heavy atom. The average molecular weight is 223 g/mol. The van der Waals surface area contributed by atoms with Gasteiger partial charge in [-0.1, -0.05) is 0 Å². The summed E-state index contributed by atoms with van der Waals surface area (Å²) >= 11 is 0. The maximum absolute atomic E-state index is 10.8. The van der Waals surface area contributed by atoms with E-state index in [1.807, 2.05) is 0 Å². The van der Waals surface area contributed by atoms with Gasteiger partial charge in [-0.05, 0) is 22.0 Å². The fraction of sp³-hybridized carbons (Fsp3) is 0. The predicted octanol–water partition coefficient (Wildman–Crippen LogP) is 0.917. The van der Waals surface area contributed by atoms with Crippen molar-refractivity contribution in [3.63, 3.8) is 0 Å². The molecule has 0 radical (unpaired) electrons. The highest BCUT2D eigenvalue weighted by Gasteiger charge is 2.24. The second kappa shape index (κ2) is 3.27. The molecule has 6 nitrogen and oxygen atoms in total. The summed E-state index contributed by atoms with van der Waals surface area (Å²) in [5.41, 5.74) is 0. The fourth-order valence-electron chi connectivity index (χ4n) is 0.710. The summed E-state index contributed by atoms with van der Waals surface area (Å²) in [7, 11) is 0.825. The Hall–Kier alpha value is -1.21. The zero-order chi connectivity index (χ0) is 10.1. The first-order valence-corrected chi connectivity index (χ1v) is 5.28. The first-order valence-electron chi connectivity index (χ1n) is 2.97. The summed E-state index contributed by atoms with van der Waals surface area (Å²) in [6.45, 7) is 0. The Morgan fingerprint density at radius 1 is 1.54 bits per heavy atom. The van der Waals surface area contributed by atoms with Crippen molar-refractivity contribution in [2.75, 3.05) is 0 Å². The van der Waals surface area contributed by atoms with Crippen LogP contribution in [-0.4, -0.2) is 18.3 Å². The van der Waals surface area contributed by atoms with E-state index in [1.54, 1.807) is 0 Å². The van der Waals surface area contributed by atoms with Gasteiger partial charge in [0.25, 0.3) is 9.05 Å². The summed E-state index contributed by atoms with van der Waals surface area (Å²) in [5.74, 6) is -0.766. The van der Waals surface area contributed by atoms with Gasteiger partial charge in [0, 0.05) is 10.7 Å². The molecule has 0 aliphatic carbocycles. The molecule has 13 heavy (non-hydrogen) atoms. The van der Waals surface area contributed by atoms with Crippen LogP contribution in [0.25, 0.3) is 0 Å². The van der Waals surface area contributed by atoms with Crippen LogP contribution in [-0.2, 0) is 9.05 Å². The standard InChI is InChI=1S/C5H3ClN2O4S/c6-13(11,12)4-2-1-3-7-5(4)8(9)10/h1-3H. The van der Waals surface area contributed by atoms with Gasteiger partial charge in [-0.3, -0.25) is 0 Å². The van der Waals surface area contributed by atoms with E-state index < -0.39 is 24.7 Å². The summed E-state index contributed by atoms with van der Waals surface area (Å²) < 4.78 is 21.6. The number of rotatable bonds is 2. The van der Waals surface area contributed by atoms with E-state index in [1.165, 1.54) is 6.07 Å². The lowest BCUT2D eigenvalue weighted by molar-refractivity contribution is -0.392. The fourth-order valence-corrected chi connectivity index (χ4v) is 1.66. The van der Waals surface area contributed by atoms with E-state index in [0.717, 1.165) is 12.3 Å². The third kappa shape index (κ3) is 2.13. The summed E-state index contributed by atoms with van der Waals surface area (Å²) in [6.07, 6.45) is 1.11. The Kier molecular flexibility index (Phi) is 2.48. The van der Waals surface area contributed by atoms with Crippen LogP contribution in [0.15, 0.2) is 23.2 Å². The molecule has 1 heterocycles. The average Bonchev–Trinajstić information content (AvgIpc) is 2.03. The minimum absolute atomic E-state index is 0.596. The van der Waals surface area contributed by atoms with E-state index >= 15 is 0 Å². The first kappa shape index (κ1) is 9.87. The molecule has 1 rings (SSSR count). The Bertz CT molecular complexity index is 444. The van der Waals surface area contributed by atoms with Crippen molar-refractivity contribution in [3.8, 4) is 0 Å². The first-order chi connectivity index (χ1) is 5.93. The number of aromatic nitrogens is 1. The number of halogens is 1. The Labute approximate surface area is 77.7 Å². The molecule has 0 amide bonds. The van der Waals surface area contributed by atoms with Crippen LogP contribution in [0.4, 0.5) is 5.82 Å². The van der Waals surface area contributed by atoms with E-state index in [-0.39, 0.29) is 0 Å². The molecule has 0 fully saturated rings. The second-order valence-electron chi connectivity index (χ2n) is 2.02. The smallest absolute Gasteiger partial charge is 0.358 e. The second-order valence-corrected chi connectivity index (χ2v) is 4.55. The van der Waals surface area contributed by atoms with Crippen LogP contribution in [0.5, 0.6) is 0 Å². The highest BCUT2D eigenvalue weighted by atomic mass is 35.7. The molecule has 0 saturated carbocycles. The van der Waals surface area contributed by atoms with Gasteiger partial charge in [-0.2, -0.15) is 0 Å².